The maximum absolute atomic E-state index is 13.8. The standard InChI is InChI=1S/C24H30FN3O2.C7H8.CH2O/c1-4-13-28-23(19-8-6-5-7-9-19)22(30-24(2,3)29)12-14-27(28)17-18-10-11-21(25)20(15-18)16-26;1-7-5-3-2-4-6-7;1-2/h5-11,15,22-23,29H,4,12-14,17H2,1-3H3;2-6H,1H3;1H2. The van der Waals surface area contributed by atoms with E-state index in [2.05, 4.69) is 48.1 Å². The molecule has 1 fully saturated rings. The molecule has 3 aromatic carbocycles. The molecule has 1 aliphatic heterocycles. The van der Waals surface area contributed by atoms with Gasteiger partial charge in [-0.15, -0.1) is 0 Å². The van der Waals surface area contributed by atoms with E-state index in [4.69, 9.17) is 14.8 Å². The zero-order valence-electron chi connectivity index (χ0n) is 23.4. The molecule has 2 unspecified atom stereocenters. The van der Waals surface area contributed by atoms with Crippen LogP contribution in [0.2, 0.25) is 0 Å². The van der Waals surface area contributed by atoms with Gasteiger partial charge < -0.3 is 14.6 Å². The lowest BCUT2D eigenvalue weighted by molar-refractivity contribution is -0.252. The number of ether oxygens (including phenoxy) is 1. The summed E-state index contributed by atoms with van der Waals surface area (Å²) in [5, 5.41) is 24.0. The molecule has 3 aromatic rings. The van der Waals surface area contributed by atoms with Crippen LogP contribution >= 0.6 is 0 Å². The van der Waals surface area contributed by atoms with Crippen molar-refractivity contribution >= 4 is 6.79 Å². The number of aliphatic hydroxyl groups is 1. The van der Waals surface area contributed by atoms with Gasteiger partial charge in [-0.05, 0) is 56.9 Å². The molecule has 0 bridgehead atoms. The summed E-state index contributed by atoms with van der Waals surface area (Å²) in [5.74, 6) is -1.72. The van der Waals surface area contributed by atoms with Crippen LogP contribution in [-0.2, 0) is 16.1 Å². The summed E-state index contributed by atoms with van der Waals surface area (Å²) < 4.78 is 19.8. The van der Waals surface area contributed by atoms with Crippen molar-refractivity contribution in [1.29, 1.82) is 5.26 Å². The molecule has 0 aliphatic carbocycles. The van der Waals surface area contributed by atoms with Crippen LogP contribution in [0.3, 0.4) is 0 Å². The van der Waals surface area contributed by atoms with Crippen LogP contribution in [0.25, 0.3) is 0 Å². The molecule has 208 valence electrons. The van der Waals surface area contributed by atoms with Gasteiger partial charge in [0.2, 0.25) is 0 Å². The number of hydrazine groups is 1. The average Bonchev–Trinajstić information content (AvgIpc) is 2.93. The van der Waals surface area contributed by atoms with E-state index < -0.39 is 11.6 Å². The first kappa shape index (κ1) is 31.8. The minimum Gasteiger partial charge on any atom is -0.366 e. The molecule has 1 aliphatic rings. The summed E-state index contributed by atoms with van der Waals surface area (Å²) in [5.41, 5.74) is 3.40. The predicted molar refractivity (Wildman–Crippen MR) is 152 cm³/mol. The molecule has 0 aromatic heterocycles. The maximum atomic E-state index is 13.8. The van der Waals surface area contributed by atoms with E-state index in [0.717, 1.165) is 37.1 Å². The Balaban J connectivity index is 0.000000507. The van der Waals surface area contributed by atoms with Crippen LogP contribution in [0.15, 0.2) is 78.9 Å². The third-order valence-corrected chi connectivity index (χ3v) is 6.20. The van der Waals surface area contributed by atoms with Crippen molar-refractivity contribution in [3.8, 4) is 6.07 Å². The number of nitrogens with zero attached hydrogens (tertiary/aromatic N) is 3. The van der Waals surface area contributed by atoms with Gasteiger partial charge in [-0.2, -0.15) is 5.26 Å². The fraction of sp³-hybridized carbons (Fsp3) is 0.375. The molecule has 6 nitrogen and oxygen atoms in total. The summed E-state index contributed by atoms with van der Waals surface area (Å²) in [7, 11) is 0. The molecule has 39 heavy (non-hydrogen) atoms. The predicted octanol–water partition coefficient (Wildman–Crippen LogP) is 6.20. The molecule has 0 amide bonds. The smallest absolute Gasteiger partial charge is 0.160 e. The summed E-state index contributed by atoms with van der Waals surface area (Å²) in [6.45, 7) is 11.7. The Labute approximate surface area is 232 Å². The van der Waals surface area contributed by atoms with Crippen molar-refractivity contribution in [3.63, 3.8) is 0 Å². The average molecular weight is 534 g/mol. The van der Waals surface area contributed by atoms with Crippen molar-refractivity contribution in [1.82, 2.24) is 10.0 Å². The van der Waals surface area contributed by atoms with Gasteiger partial charge in [-0.3, -0.25) is 0 Å². The van der Waals surface area contributed by atoms with Crippen molar-refractivity contribution in [2.24, 2.45) is 0 Å². The van der Waals surface area contributed by atoms with Crippen LogP contribution in [0, 0.1) is 24.1 Å². The van der Waals surface area contributed by atoms with Crippen LogP contribution in [0.1, 0.15) is 61.9 Å². The van der Waals surface area contributed by atoms with Crippen molar-refractivity contribution in [2.75, 3.05) is 13.1 Å². The Morgan fingerprint density at radius 3 is 2.21 bits per heavy atom. The number of rotatable bonds is 7. The summed E-state index contributed by atoms with van der Waals surface area (Å²) in [4.78, 5) is 8.00. The van der Waals surface area contributed by atoms with E-state index in [0.29, 0.717) is 6.54 Å². The van der Waals surface area contributed by atoms with Gasteiger partial charge in [0.15, 0.2) is 5.79 Å². The fourth-order valence-corrected chi connectivity index (χ4v) is 4.64. The second-order valence-corrected chi connectivity index (χ2v) is 9.88. The van der Waals surface area contributed by atoms with Crippen LogP contribution in [-0.4, -0.2) is 46.9 Å². The SMILES string of the molecule is C=O.CCCN1C(c2ccccc2)C(OC(C)(C)O)CCN1Cc1ccc(F)c(C#N)c1.Cc1ccccc1. The number of hydrogen-bond donors (Lipinski definition) is 1. The molecule has 2 atom stereocenters. The topological polar surface area (TPSA) is 76.8 Å². The molecule has 1 saturated heterocycles. The lowest BCUT2D eigenvalue weighted by Gasteiger charge is -2.49. The van der Waals surface area contributed by atoms with E-state index in [-0.39, 0.29) is 17.7 Å². The molecule has 7 heteroatoms. The minimum absolute atomic E-state index is 0.0535. The van der Waals surface area contributed by atoms with Gasteiger partial charge in [0.1, 0.15) is 18.7 Å². The minimum atomic E-state index is -1.23. The maximum Gasteiger partial charge on any atom is 0.160 e. The first-order valence-electron chi connectivity index (χ1n) is 13.2. The molecule has 4 rings (SSSR count). The number of benzene rings is 3. The summed E-state index contributed by atoms with van der Waals surface area (Å²) >= 11 is 0. The summed E-state index contributed by atoms with van der Waals surface area (Å²) in [6.07, 6.45) is 1.52. The lowest BCUT2D eigenvalue weighted by atomic mass is 9.95. The Morgan fingerprint density at radius 2 is 1.69 bits per heavy atom. The second-order valence-electron chi connectivity index (χ2n) is 9.88. The van der Waals surface area contributed by atoms with E-state index in [1.54, 1.807) is 26.0 Å². The van der Waals surface area contributed by atoms with Crippen LogP contribution in [0.5, 0.6) is 0 Å². The normalized spacial score (nSPS) is 17.7. The molecular weight excluding hydrogens is 493 g/mol. The van der Waals surface area contributed by atoms with Crippen LogP contribution in [0.4, 0.5) is 4.39 Å². The highest BCUT2D eigenvalue weighted by Gasteiger charge is 2.39. The van der Waals surface area contributed by atoms with Gasteiger partial charge in [-0.1, -0.05) is 79.2 Å². The molecule has 1 heterocycles. The molecule has 0 saturated carbocycles. The Morgan fingerprint density at radius 1 is 1.08 bits per heavy atom. The van der Waals surface area contributed by atoms with Crippen molar-refractivity contribution < 1.29 is 19.0 Å². The molecule has 1 N–H and O–H groups in total. The lowest BCUT2D eigenvalue weighted by Crippen LogP contribution is -2.55. The zero-order chi connectivity index (χ0) is 28.8. The number of halogens is 1. The van der Waals surface area contributed by atoms with E-state index in [1.807, 2.05) is 49.3 Å². The molecule has 0 spiro atoms. The first-order chi connectivity index (χ1) is 18.7. The highest BCUT2D eigenvalue weighted by atomic mass is 19.1. The zero-order valence-corrected chi connectivity index (χ0v) is 23.4. The quantitative estimate of drug-likeness (QED) is 0.365. The summed E-state index contributed by atoms with van der Waals surface area (Å²) in [6, 6.07) is 27.0. The van der Waals surface area contributed by atoms with Gasteiger partial charge in [-0.25, -0.2) is 14.4 Å². The monoisotopic (exact) mass is 533 g/mol. The van der Waals surface area contributed by atoms with Gasteiger partial charge in [0.05, 0.1) is 17.7 Å². The first-order valence-corrected chi connectivity index (χ1v) is 13.2. The number of hydrogen-bond acceptors (Lipinski definition) is 6. The highest BCUT2D eigenvalue weighted by molar-refractivity contribution is 5.34. The second kappa shape index (κ2) is 15.9. The van der Waals surface area contributed by atoms with Gasteiger partial charge in [0.25, 0.3) is 0 Å². The number of nitriles is 1. The van der Waals surface area contributed by atoms with Gasteiger partial charge in [0, 0.05) is 19.6 Å². The van der Waals surface area contributed by atoms with Crippen molar-refractivity contribution in [2.45, 2.75) is 65.0 Å². The number of aryl methyl sites for hydroxylation is 1. The number of carbonyl (C=O) groups is 1. The molecule has 0 radical (unpaired) electrons. The van der Waals surface area contributed by atoms with Crippen LogP contribution < -0.4 is 0 Å². The Kier molecular flexibility index (Phi) is 12.9. The molecular formula is C32H40FN3O3. The number of carbonyl (C=O) groups excluding carboxylic acids is 1. The highest BCUT2D eigenvalue weighted by Crippen LogP contribution is 2.36. The Bertz CT molecular complexity index is 1160. The van der Waals surface area contributed by atoms with E-state index in [9.17, 15) is 9.50 Å². The third kappa shape index (κ3) is 10.0. The largest absolute Gasteiger partial charge is 0.366 e. The van der Waals surface area contributed by atoms with Gasteiger partial charge >= 0.3 is 0 Å². The third-order valence-electron chi connectivity index (χ3n) is 6.20. The van der Waals surface area contributed by atoms with E-state index in [1.165, 1.54) is 11.6 Å². The van der Waals surface area contributed by atoms with Crippen molar-refractivity contribution in [3.05, 3.63) is 107 Å². The van der Waals surface area contributed by atoms with E-state index >= 15 is 0 Å². The Hall–Kier alpha value is -3.41. The fourth-order valence-electron chi connectivity index (χ4n) is 4.64.